The summed E-state index contributed by atoms with van der Waals surface area (Å²) in [7, 11) is 1.33. The second kappa shape index (κ2) is 4.80. The number of nitrogens with two attached hydrogens (primary N) is 1. The molecule has 2 amide bonds. The number of nitrogens with one attached hydrogen (secondary N) is 1. The molecule has 1 rings (SSSR count). The third-order valence-corrected chi connectivity index (χ3v) is 2.37. The van der Waals surface area contributed by atoms with E-state index in [2.05, 4.69) is 10.2 Å². The van der Waals surface area contributed by atoms with Crippen molar-refractivity contribution in [2.75, 3.05) is 20.2 Å². The minimum Gasteiger partial charge on any atom is -0.453 e. The van der Waals surface area contributed by atoms with Crippen molar-refractivity contribution < 1.29 is 14.3 Å². The molecule has 1 heterocycles. The van der Waals surface area contributed by atoms with Crippen molar-refractivity contribution >= 4 is 12.0 Å². The first kappa shape index (κ1) is 10.8. The van der Waals surface area contributed by atoms with Crippen molar-refractivity contribution in [3.8, 4) is 0 Å². The van der Waals surface area contributed by atoms with E-state index in [4.69, 9.17) is 5.84 Å². The Kier molecular flexibility index (Phi) is 3.70. The second-order valence-corrected chi connectivity index (χ2v) is 3.26. The summed E-state index contributed by atoms with van der Waals surface area (Å²) < 4.78 is 4.58. The van der Waals surface area contributed by atoms with Crippen molar-refractivity contribution in [3.05, 3.63) is 0 Å². The lowest BCUT2D eigenvalue weighted by atomic mass is 9.98. The summed E-state index contributed by atoms with van der Waals surface area (Å²) in [5.41, 5.74) is 2.09. The van der Waals surface area contributed by atoms with Gasteiger partial charge in [0.15, 0.2) is 0 Å². The van der Waals surface area contributed by atoms with Crippen LogP contribution in [0.15, 0.2) is 0 Å². The number of amides is 2. The molecule has 1 fully saturated rings. The lowest BCUT2D eigenvalue weighted by Crippen LogP contribution is -2.46. The maximum absolute atomic E-state index is 11.2. The van der Waals surface area contributed by atoms with Crippen molar-refractivity contribution in [2.45, 2.75) is 12.8 Å². The van der Waals surface area contributed by atoms with Gasteiger partial charge in [0, 0.05) is 13.1 Å². The van der Waals surface area contributed by atoms with Crippen LogP contribution in [-0.2, 0) is 9.53 Å². The average molecular weight is 201 g/mol. The van der Waals surface area contributed by atoms with Gasteiger partial charge in [-0.05, 0) is 12.8 Å². The molecule has 14 heavy (non-hydrogen) atoms. The minimum absolute atomic E-state index is 0.215. The van der Waals surface area contributed by atoms with E-state index in [9.17, 15) is 9.59 Å². The van der Waals surface area contributed by atoms with E-state index in [0.717, 1.165) is 12.8 Å². The molecular formula is C8H15N3O3. The number of likely N-dealkylation sites (tertiary alicyclic amines) is 1. The van der Waals surface area contributed by atoms with E-state index in [1.807, 2.05) is 0 Å². The number of methoxy groups -OCH3 is 1. The van der Waals surface area contributed by atoms with E-state index >= 15 is 0 Å². The number of carbonyl (C=O) groups excluding carboxylic acids is 2. The van der Waals surface area contributed by atoms with Crippen LogP contribution in [0.25, 0.3) is 0 Å². The Hall–Kier alpha value is -1.30. The van der Waals surface area contributed by atoms with Gasteiger partial charge in [0.05, 0.1) is 13.0 Å². The van der Waals surface area contributed by atoms with Gasteiger partial charge in [-0.2, -0.15) is 0 Å². The molecule has 80 valence electrons. The Bertz CT molecular complexity index is 210. The van der Waals surface area contributed by atoms with Crippen LogP contribution in [-0.4, -0.2) is 37.1 Å². The molecule has 1 saturated heterocycles. The SMILES string of the molecule is COC(=O)N1CCCC(C(=O)NN)C1. The van der Waals surface area contributed by atoms with E-state index in [0.29, 0.717) is 13.1 Å². The summed E-state index contributed by atoms with van der Waals surface area (Å²) >= 11 is 0. The van der Waals surface area contributed by atoms with Gasteiger partial charge in [0.1, 0.15) is 0 Å². The molecule has 1 unspecified atom stereocenters. The van der Waals surface area contributed by atoms with Crippen molar-refractivity contribution in [3.63, 3.8) is 0 Å². The van der Waals surface area contributed by atoms with Crippen LogP contribution >= 0.6 is 0 Å². The lowest BCUT2D eigenvalue weighted by molar-refractivity contribution is -0.126. The van der Waals surface area contributed by atoms with Gasteiger partial charge in [-0.3, -0.25) is 10.2 Å². The van der Waals surface area contributed by atoms with Crippen LogP contribution in [0.5, 0.6) is 0 Å². The highest BCUT2D eigenvalue weighted by Crippen LogP contribution is 2.16. The zero-order valence-electron chi connectivity index (χ0n) is 8.16. The predicted octanol–water partition coefficient (Wildman–Crippen LogP) is -0.545. The monoisotopic (exact) mass is 201 g/mol. The highest BCUT2D eigenvalue weighted by Gasteiger charge is 2.28. The molecule has 6 heteroatoms. The fourth-order valence-electron chi connectivity index (χ4n) is 1.60. The Morgan fingerprint density at radius 1 is 1.57 bits per heavy atom. The van der Waals surface area contributed by atoms with Gasteiger partial charge in [-0.1, -0.05) is 0 Å². The van der Waals surface area contributed by atoms with E-state index in [-0.39, 0.29) is 17.9 Å². The van der Waals surface area contributed by atoms with Gasteiger partial charge < -0.3 is 9.64 Å². The largest absolute Gasteiger partial charge is 0.453 e. The second-order valence-electron chi connectivity index (χ2n) is 3.26. The number of hydrogen-bond acceptors (Lipinski definition) is 4. The molecule has 0 saturated carbocycles. The Labute approximate surface area is 82.3 Å². The molecule has 0 spiro atoms. The summed E-state index contributed by atoms with van der Waals surface area (Å²) in [5, 5.41) is 0. The molecule has 0 aliphatic carbocycles. The maximum atomic E-state index is 11.2. The van der Waals surface area contributed by atoms with Crippen LogP contribution in [0.4, 0.5) is 4.79 Å². The maximum Gasteiger partial charge on any atom is 0.409 e. The highest BCUT2D eigenvalue weighted by molar-refractivity contribution is 5.79. The van der Waals surface area contributed by atoms with Crippen LogP contribution < -0.4 is 11.3 Å². The molecule has 1 aliphatic heterocycles. The van der Waals surface area contributed by atoms with Crippen molar-refractivity contribution in [1.82, 2.24) is 10.3 Å². The third-order valence-electron chi connectivity index (χ3n) is 2.37. The van der Waals surface area contributed by atoms with Gasteiger partial charge in [0.2, 0.25) is 5.91 Å². The number of piperidine rings is 1. The topological polar surface area (TPSA) is 84.7 Å². The van der Waals surface area contributed by atoms with E-state index in [1.54, 1.807) is 0 Å². The molecule has 3 N–H and O–H groups in total. The molecule has 6 nitrogen and oxygen atoms in total. The Balaban J connectivity index is 2.51. The molecule has 0 radical (unpaired) electrons. The van der Waals surface area contributed by atoms with Crippen LogP contribution in [0, 0.1) is 5.92 Å². The van der Waals surface area contributed by atoms with Gasteiger partial charge in [0.25, 0.3) is 0 Å². The molecule has 0 aromatic heterocycles. The number of ether oxygens (including phenoxy) is 1. The van der Waals surface area contributed by atoms with Crippen LogP contribution in [0.2, 0.25) is 0 Å². The first-order chi connectivity index (χ1) is 6.69. The van der Waals surface area contributed by atoms with Crippen molar-refractivity contribution in [2.24, 2.45) is 11.8 Å². The fourth-order valence-corrected chi connectivity index (χ4v) is 1.60. The molecule has 1 aliphatic rings. The van der Waals surface area contributed by atoms with Crippen LogP contribution in [0.3, 0.4) is 0 Å². The van der Waals surface area contributed by atoms with Gasteiger partial charge in [-0.15, -0.1) is 0 Å². The predicted molar refractivity (Wildman–Crippen MR) is 49.0 cm³/mol. The molecule has 0 aromatic carbocycles. The summed E-state index contributed by atoms with van der Waals surface area (Å²) in [6.07, 6.45) is 1.17. The van der Waals surface area contributed by atoms with Crippen molar-refractivity contribution in [1.29, 1.82) is 0 Å². The molecule has 0 bridgehead atoms. The standard InChI is InChI=1S/C8H15N3O3/c1-14-8(13)11-4-2-3-6(5-11)7(12)10-9/h6H,2-5,9H2,1H3,(H,10,12). The Morgan fingerprint density at radius 3 is 2.86 bits per heavy atom. The zero-order valence-corrected chi connectivity index (χ0v) is 8.16. The average Bonchev–Trinajstić information content (AvgIpc) is 2.27. The lowest BCUT2D eigenvalue weighted by Gasteiger charge is -2.30. The van der Waals surface area contributed by atoms with Gasteiger partial charge in [-0.25, -0.2) is 10.6 Å². The molecular weight excluding hydrogens is 186 g/mol. The third kappa shape index (κ3) is 2.35. The van der Waals surface area contributed by atoms with E-state index < -0.39 is 0 Å². The number of hydrogen-bond donors (Lipinski definition) is 2. The van der Waals surface area contributed by atoms with Gasteiger partial charge >= 0.3 is 6.09 Å². The highest BCUT2D eigenvalue weighted by atomic mass is 16.5. The number of hydrazine groups is 1. The zero-order chi connectivity index (χ0) is 10.6. The number of rotatable bonds is 1. The fraction of sp³-hybridized carbons (Fsp3) is 0.750. The summed E-state index contributed by atoms with van der Waals surface area (Å²) in [6.45, 7) is 1.02. The molecule has 1 atom stereocenters. The Morgan fingerprint density at radius 2 is 2.29 bits per heavy atom. The first-order valence-corrected chi connectivity index (χ1v) is 4.52. The van der Waals surface area contributed by atoms with Crippen LogP contribution in [0.1, 0.15) is 12.8 Å². The van der Waals surface area contributed by atoms with E-state index in [1.165, 1.54) is 12.0 Å². The number of carbonyl (C=O) groups is 2. The summed E-state index contributed by atoms with van der Waals surface area (Å²) in [4.78, 5) is 23.9. The smallest absolute Gasteiger partial charge is 0.409 e. The summed E-state index contributed by atoms with van der Waals surface area (Å²) in [5.74, 6) is 4.58. The normalized spacial score (nSPS) is 21.6. The molecule has 0 aromatic rings. The summed E-state index contributed by atoms with van der Waals surface area (Å²) in [6, 6.07) is 0. The quantitative estimate of drug-likeness (QED) is 0.339. The minimum atomic E-state index is -0.389. The first-order valence-electron chi connectivity index (χ1n) is 4.52. The number of nitrogens with zero attached hydrogens (tertiary/aromatic N) is 1.